The highest BCUT2D eigenvalue weighted by Crippen LogP contribution is 2.36. The van der Waals surface area contributed by atoms with Crippen molar-refractivity contribution >= 4 is 23.1 Å². The molecule has 0 radical (unpaired) electrons. The Bertz CT molecular complexity index is 631. The van der Waals surface area contributed by atoms with E-state index in [4.69, 9.17) is 16.2 Å². The highest BCUT2D eigenvalue weighted by molar-refractivity contribution is 7.99. The van der Waals surface area contributed by atoms with Gasteiger partial charge in [-0.1, -0.05) is 23.9 Å². The van der Waals surface area contributed by atoms with Crippen molar-refractivity contribution in [2.75, 3.05) is 32.1 Å². The van der Waals surface area contributed by atoms with E-state index in [2.05, 4.69) is 17.9 Å². The Morgan fingerprint density at radius 1 is 1.09 bits per heavy atom. The minimum absolute atomic E-state index is 0.119. The fraction of sp³-hybridized carbons (Fsp3) is 0.294. The maximum absolute atomic E-state index is 6.06. The van der Waals surface area contributed by atoms with E-state index >= 15 is 0 Å². The van der Waals surface area contributed by atoms with Gasteiger partial charge in [0.05, 0.1) is 16.3 Å². The first kappa shape index (κ1) is 16.5. The van der Waals surface area contributed by atoms with Gasteiger partial charge in [0.15, 0.2) is 0 Å². The molecular weight excluding hydrogens is 294 g/mol. The largest absolute Gasteiger partial charge is 0.488 e. The second kappa shape index (κ2) is 7.42. The number of hydrogen-bond acceptors (Lipinski definition) is 5. The average molecular weight is 317 g/mol. The highest BCUT2D eigenvalue weighted by atomic mass is 32.2. The van der Waals surface area contributed by atoms with Crippen LogP contribution in [0.15, 0.2) is 52.3 Å². The van der Waals surface area contributed by atoms with E-state index in [0.717, 1.165) is 22.1 Å². The van der Waals surface area contributed by atoms with Gasteiger partial charge >= 0.3 is 0 Å². The molecule has 2 aromatic rings. The monoisotopic (exact) mass is 317 g/mol. The minimum Gasteiger partial charge on any atom is -0.488 e. The first-order valence-electron chi connectivity index (χ1n) is 7.19. The van der Waals surface area contributed by atoms with Crippen LogP contribution in [0.5, 0.6) is 5.75 Å². The van der Waals surface area contributed by atoms with Crippen LogP contribution >= 0.6 is 11.8 Å². The molecule has 4 nitrogen and oxygen atoms in total. The Morgan fingerprint density at radius 3 is 2.50 bits per heavy atom. The van der Waals surface area contributed by atoms with Crippen LogP contribution in [0.2, 0.25) is 0 Å². The number of nitrogen functional groups attached to an aromatic ring is 2. The second-order valence-corrected chi connectivity index (χ2v) is 6.65. The molecule has 0 spiro atoms. The summed E-state index contributed by atoms with van der Waals surface area (Å²) in [5, 5.41) is 0. The van der Waals surface area contributed by atoms with E-state index in [1.54, 1.807) is 11.8 Å². The molecule has 0 amide bonds. The van der Waals surface area contributed by atoms with Crippen LogP contribution in [0, 0.1) is 0 Å². The highest BCUT2D eigenvalue weighted by Gasteiger charge is 2.10. The minimum atomic E-state index is 0.119. The SMILES string of the molecule is CC(CN(C)C)Oc1ccccc1Sc1ccc(N)c(N)c1. The predicted molar refractivity (Wildman–Crippen MR) is 94.5 cm³/mol. The summed E-state index contributed by atoms with van der Waals surface area (Å²) in [5.74, 6) is 0.886. The summed E-state index contributed by atoms with van der Waals surface area (Å²) in [4.78, 5) is 4.22. The Hall–Kier alpha value is -1.85. The summed E-state index contributed by atoms with van der Waals surface area (Å²) in [6.07, 6.45) is 0.119. The Labute approximate surface area is 136 Å². The Kier molecular flexibility index (Phi) is 5.57. The molecule has 0 aromatic heterocycles. The summed E-state index contributed by atoms with van der Waals surface area (Å²) >= 11 is 1.62. The predicted octanol–water partition coefficient (Wildman–Crippen LogP) is 3.33. The van der Waals surface area contributed by atoms with Crippen molar-refractivity contribution in [3.05, 3.63) is 42.5 Å². The molecule has 0 aliphatic carbocycles. The van der Waals surface area contributed by atoms with Crippen molar-refractivity contribution in [3.8, 4) is 5.75 Å². The first-order valence-corrected chi connectivity index (χ1v) is 8.00. The van der Waals surface area contributed by atoms with Crippen molar-refractivity contribution in [2.24, 2.45) is 0 Å². The number of para-hydroxylation sites is 1. The molecular formula is C17H23N3OS. The summed E-state index contributed by atoms with van der Waals surface area (Å²) in [6, 6.07) is 13.7. The first-order chi connectivity index (χ1) is 10.5. The summed E-state index contributed by atoms with van der Waals surface area (Å²) in [5.41, 5.74) is 12.8. The van der Waals surface area contributed by atoms with Crippen LogP contribution in [-0.4, -0.2) is 31.6 Å². The zero-order chi connectivity index (χ0) is 16.1. The molecule has 0 saturated carbocycles. The molecule has 118 valence electrons. The van der Waals surface area contributed by atoms with Crippen LogP contribution in [0.3, 0.4) is 0 Å². The molecule has 1 atom stereocenters. The summed E-state index contributed by atoms with van der Waals surface area (Å²) in [6.45, 7) is 2.94. The summed E-state index contributed by atoms with van der Waals surface area (Å²) < 4.78 is 6.06. The number of benzene rings is 2. The molecule has 0 aliphatic rings. The van der Waals surface area contributed by atoms with Gasteiger partial charge in [-0.15, -0.1) is 0 Å². The van der Waals surface area contributed by atoms with Gasteiger partial charge in [0.2, 0.25) is 0 Å². The number of rotatable bonds is 6. The van der Waals surface area contributed by atoms with Crippen LogP contribution in [0.25, 0.3) is 0 Å². The molecule has 0 bridgehead atoms. The third-order valence-electron chi connectivity index (χ3n) is 3.09. The van der Waals surface area contributed by atoms with Crippen molar-refractivity contribution in [1.82, 2.24) is 4.90 Å². The fourth-order valence-electron chi connectivity index (χ4n) is 2.14. The quantitative estimate of drug-likeness (QED) is 0.800. The zero-order valence-electron chi connectivity index (χ0n) is 13.2. The van der Waals surface area contributed by atoms with Crippen molar-refractivity contribution < 1.29 is 4.74 Å². The van der Waals surface area contributed by atoms with Crippen LogP contribution in [0.1, 0.15) is 6.92 Å². The maximum Gasteiger partial charge on any atom is 0.133 e. The van der Waals surface area contributed by atoms with E-state index in [1.165, 1.54) is 0 Å². The number of nitrogens with zero attached hydrogens (tertiary/aromatic N) is 1. The molecule has 2 aromatic carbocycles. The molecule has 2 rings (SSSR count). The number of ether oxygens (including phenoxy) is 1. The number of nitrogens with two attached hydrogens (primary N) is 2. The van der Waals surface area contributed by atoms with Gasteiger partial charge in [-0.3, -0.25) is 0 Å². The normalized spacial score (nSPS) is 12.4. The van der Waals surface area contributed by atoms with Crippen molar-refractivity contribution in [1.29, 1.82) is 0 Å². The smallest absolute Gasteiger partial charge is 0.133 e. The standard InChI is InChI=1S/C17H23N3OS/c1-12(11-20(2)3)21-16-6-4-5-7-17(16)22-13-8-9-14(18)15(19)10-13/h4-10,12H,11,18-19H2,1-3H3. The summed E-state index contributed by atoms with van der Waals surface area (Å²) in [7, 11) is 4.08. The Morgan fingerprint density at radius 2 is 1.82 bits per heavy atom. The van der Waals surface area contributed by atoms with Crippen LogP contribution in [0.4, 0.5) is 11.4 Å². The van der Waals surface area contributed by atoms with Gasteiger partial charge in [-0.05, 0) is 51.4 Å². The van der Waals surface area contributed by atoms with Crippen LogP contribution < -0.4 is 16.2 Å². The van der Waals surface area contributed by atoms with E-state index in [-0.39, 0.29) is 6.10 Å². The maximum atomic E-state index is 6.06. The molecule has 0 saturated heterocycles. The van der Waals surface area contributed by atoms with Gasteiger partial charge < -0.3 is 21.1 Å². The second-order valence-electron chi connectivity index (χ2n) is 5.53. The van der Waals surface area contributed by atoms with E-state index in [9.17, 15) is 0 Å². The van der Waals surface area contributed by atoms with E-state index in [1.807, 2.05) is 50.5 Å². The van der Waals surface area contributed by atoms with Crippen LogP contribution in [-0.2, 0) is 0 Å². The number of likely N-dealkylation sites (N-methyl/N-ethyl adjacent to an activating group) is 1. The van der Waals surface area contributed by atoms with Crippen molar-refractivity contribution in [3.63, 3.8) is 0 Å². The molecule has 1 unspecified atom stereocenters. The third-order valence-corrected chi connectivity index (χ3v) is 4.13. The number of anilines is 2. The van der Waals surface area contributed by atoms with Gasteiger partial charge in [0, 0.05) is 11.4 Å². The molecule has 4 N–H and O–H groups in total. The van der Waals surface area contributed by atoms with Gasteiger partial charge in [-0.2, -0.15) is 0 Å². The zero-order valence-corrected chi connectivity index (χ0v) is 14.1. The molecule has 0 heterocycles. The lowest BCUT2D eigenvalue weighted by Gasteiger charge is -2.20. The molecule has 0 fully saturated rings. The third kappa shape index (κ3) is 4.58. The molecule has 5 heteroatoms. The Balaban J connectivity index is 2.15. The lowest BCUT2D eigenvalue weighted by molar-refractivity contribution is 0.173. The lowest BCUT2D eigenvalue weighted by Crippen LogP contribution is -2.28. The average Bonchev–Trinajstić information content (AvgIpc) is 2.44. The van der Waals surface area contributed by atoms with Gasteiger partial charge in [0.25, 0.3) is 0 Å². The fourth-order valence-corrected chi connectivity index (χ4v) is 3.08. The lowest BCUT2D eigenvalue weighted by atomic mass is 10.3. The number of hydrogen-bond donors (Lipinski definition) is 2. The van der Waals surface area contributed by atoms with E-state index in [0.29, 0.717) is 11.4 Å². The van der Waals surface area contributed by atoms with Gasteiger partial charge in [-0.25, -0.2) is 0 Å². The molecule has 22 heavy (non-hydrogen) atoms. The topological polar surface area (TPSA) is 64.5 Å². The van der Waals surface area contributed by atoms with E-state index < -0.39 is 0 Å². The van der Waals surface area contributed by atoms with Gasteiger partial charge in [0.1, 0.15) is 11.9 Å². The van der Waals surface area contributed by atoms with Crippen molar-refractivity contribution in [2.45, 2.75) is 22.8 Å². The molecule has 0 aliphatic heterocycles.